The smallest absolute Gasteiger partial charge is 0.334 e. The van der Waals surface area contributed by atoms with E-state index in [1.165, 1.54) is 17.0 Å². The first-order valence-corrected chi connectivity index (χ1v) is 7.36. The number of nitrogens with one attached hydrogen (secondary N) is 1. The lowest BCUT2D eigenvalue weighted by molar-refractivity contribution is -0.154. The lowest BCUT2D eigenvalue weighted by Crippen LogP contribution is -2.48. The number of carbonyl (C=O) groups is 2. The van der Waals surface area contributed by atoms with Crippen LogP contribution >= 0.6 is 15.9 Å². The minimum absolute atomic E-state index is 0.0320. The van der Waals surface area contributed by atoms with Gasteiger partial charge in [0.2, 0.25) is 0 Å². The van der Waals surface area contributed by atoms with Gasteiger partial charge in [0.25, 0.3) is 5.91 Å². The highest BCUT2D eigenvalue weighted by Gasteiger charge is 2.30. The third kappa shape index (κ3) is 2.71. The molecular formula is C14H12BrFN2O4. The molecule has 0 bridgehead atoms. The number of aliphatic carboxylic acids is 1. The van der Waals surface area contributed by atoms with E-state index in [0.717, 1.165) is 0 Å². The molecule has 2 aromatic rings. The van der Waals surface area contributed by atoms with Crippen LogP contribution in [0.25, 0.3) is 10.9 Å². The molecule has 1 aromatic carbocycles. The van der Waals surface area contributed by atoms with Crippen LogP contribution in [0.15, 0.2) is 22.7 Å². The first-order valence-electron chi connectivity index (χ1n) is 6.57. The summed E-state index contributed by atoms with van der Waals surface area (Å²) in [5.74, 6) is -1.92. The Bertz CT molecular complexity index is 761. The summed E-state index contributed by atoms with van der Waals surface area (Å²) in [6.45, 7) is 0.419. The molecule has 1 unspecified atom stereocenters. The molecule has 1 aliphatic heterocycles. The number of amides is 1. The third-order valence-electron chi connectivity index (χ3n) is 3.51. The molecule has 0 aliphatic carbocycles. The van der Waals surface area contributed by atoms with E-state index in [1.807, 2.05) is 0 Å². The molecule has 2 N–H and O–H groups in total. The Morgan fingerprint density at radius 3 is 2.91 bits per heavy atom. The number of carboxylic acid groups (broad SMARTS) is 1. The molecule has 0 spiro atoms. The highest BCUT2D eigenvalue weighted by molar-refractivity contribution is 9.10. The van der Waals surface area contributed by atoms with Gasteiger partial charge in [-0.15, -0.1) is 0 Å². The number of hydrogen-bond acceptors (Lipinski definition) is 3. The monoisotopic (exact) mass is 370 g/mol. The van der Waals surface area contributed by atoms with Crippen LogP contribution in [-0.2, 0) is 9.53 Å². The van der Waals surface area contributed by atoms with Gasteiger partial charge in [-0.05, 0) is 18.2 Å². The van der Waals surface area contributed by atoms with Gasteiger partial charge in [0.1, 0.15) is 11.5 Å². The molecule has 1 aliphatic rings. The molecule has 8 heteroatoms. The standard InChI is InChI=1S/C14H12BrFN2O4/c15-7-3-9(16)8-5-11(17-10(8)4-7)13(19)18-1-2-22-12(6-18)14(20)21/h3-5,12,17H,1-2,6H2,(H,20,21). The normalized spacial score (nSPS) is 18.6. The summed E-state index contributed by atoms with van der Waals surface area (Å²) < 4.78 is 19.5. The lowest BCUT2D eigenvalue weighted by atomic mass is 10.2. The number of carbonyl (C=O) groups excluding carboxylic acids is 1. The largest absolute Gasteiger partial charge is 0.479 e. The fourth-order valence-electron chi connectivity index (χ4n) is 2.43. The Labute approximate surface area is 133 Å². The van der Waals surface area contributed by atoms with E-state index >= 15 is 0 Å². The van der Waals surface area contributed by atoms with E-state index in [2.05, 4.69) is 20.9 Å². The zero-order valence-electron chi connectivity index (χ0n) is 11.3. The second kappa shape index (κ2) is 5.69. The second-order valence-electron chi connectivity index (χ2n) is 4.98. The zero-order chi connectivity index (χ0) is 15.9. The molecule has 3 rings (SSSR count). The van der Waals surface area contributed by atoms with Crippen molar-refractivity contribution in [2.75, 3.05) is 19.7 Å². The average Bonchev–Trinajstić information content (AvgIpc) is 2.90. The van der Waals surface area contributed by atoms with Crippen LogP contribution in [0.4, 0.5) is 4.39 Å². The Hall–Kier alpha value is -1.93. The summed E-state index contributed by atoms with van der Waals surface area (Å²) in [5, 5.41) is 9.28. The van der Waals surface area contributed by atoms with Crippen LogP contribution in [0, 0.1) is 5.82 Å². The quantitative estimate of drug-likeness (QED) is 0.846. The molecule has 1 amide bonds. The number of fused-ring (bicyclic) bond motifs is 1. The number of hydrogen-bond donors (Lipinski definition) is 2. The predicted molar refractivity (Wildman–Crippen MR) is 79.2 cm³/mol. The molecule has 116 valence electrons. The van der Waals surface area contributed by atoms with Crippen LogP contribution in [-0.4, -0.2) is 52.7 Å². The molecule has 1 saturated heterocycles. The molecule has 1 aromatic heterocycles. The Morgan fingerprint density at radius 1 is 1.41 bits per heavy atom. The van der Waals surface area contributed by atoms with Crippen molar-refractivity contribution in [2.24, 2.45) is 0 Å². The zero-order valence-corrected chi connectivity index (χ0v) is 12.9. The maximum absolute atomic E-state index is 13.9. The van der Waals surface area contributed by atoms with Gasteiger partial charge >= 0.3 is 5.97 Å². The minimum atomic E-state index is -1.11. The number of rotatable bonds is 2. The highest BCUT2D eigenvalue weighted by atomic mass is 79.9. The Balaban J connectivity index is 1.89. The van der Waals surface area contributed by atoms with E-state index in [-0.39, 0.29) is 24.8 Å². The molecule has 2 heterocycles. The number of carboxylic acids is 1. The van der Waals surface area contributed by atoms with Crippen LogP contribution < -0.4 is 0 Å². The van der Waals surface area contributed by atoms with Crippen LogP contribution in [0.1, 0.15) is 10.5 Å². The van der Waals surface area contributed by atoms with Crippen LogP contribution in [0.5, 0.6) is 0 Å². The number of benzene rings is 1. The molecule has 22 heavy (non-hydrogen) atoms. The highest BCUT2D eigenvalue weighted by Crippen LogP contribution is 2.24. The van der Waals surface area contributed by atoms with E-state index in [9.17, 15) is 14.0 Å². The number of aromatic nitrogens is 1. The molecule has 1 atom stereocenters. The molecule has 6 nitrogen and oxygen atoms in total. The van der Waals surface area contributed by atoms with Gasteiger partial charge < -0.3 is 19.7 Å². The van der Waals surface area contributed by atoms with Crippen molar-refractivity contribution in [3.05, 3.63) is 34.2 Å². The summed E-state index contributed by atoms with van der Waals surface area (Å²) in [7, 11) is 0. The second-order valence-corrected chi connectivity index (χ2v) is 5.90. The number of ether oxygens (including phenoxy) is 1. The van der Waals surface area contributed by atoms with Gasteiger partial charge in [-0.1, -0.05) is 15.9 Å². The Morgan fingerprint density at radius 2 is 2.18 bits per heavy atom. The lowest BCUT2D eigenvalue weighted by Gasteiger charge is -2.30. The first-order chi connectivity index (χ1) is 10.5. The predicted octanol–water partition coefficient (Wildman–Crippen LogP) is 2.00. The van der Waals surface area contributed by atoms with Crippen LogP contribution in [0.3, 0.4) is 0 Å². The van der Waals surface area contributed by atoms with Crippen molar-refractivity contribution >= 4 is 38.7 Å². The SMILES string of the molecule is O=C(O)C1CN(C(=O)c2cc3c(F)cc(Br)cc3[nH]2)CCO1. The number of nitrogens with zero attached hydrogens (tertiary/aromatic N) is 1. The van der Waals surface area contributed by atoms with Gasteiger partial charge in [-0.25, -0.2) is 9.18 Å². The molecule has 1 fully saturated rings. The Kier molecular flexibility index (Phi) is 3.88. The fraction of sp³-hybridized carbons (Fsp3) is 0.286. The maximum Gasteiger partial charge on any atom is 0.334 e. The van der Waals surface area contributed by atoms with E-state index in [4.69, 9.17) is 9.84 Å². The summed E-state index contributed by atoms with van der Waals surface area (Å²) in [5.41, 5.74) is 0.719. The van der Waals surface area contributed by atoms with Crippen molar-refractivity contribution < 1.29 is 23.8 Å². The van der Waals surface area contributed by atoms with Crippen molar-refractivity contribution in [1.82, 2.24) is 9.88 Å². The number of H-pyrrole nitrogens is 1. The number of aromatic amines is 1. The fourth-order valence-corrected chi connectivity index (χ4v) is 2.86. The van der Waals surface area contributed by atoms with Gasteiger partial charge in [0.05, 0.1) is 18.7 Å². The topological polar surface area (TPSA) is 82.6 Å². The molecule has 0 radical (unpaired) electrons. The number of halogens is 2. The average molecular weight is 371 g/mol. The van der Waals surface area contributed by atoms with Gasteiger partial charge in [-0.3, -0.25) is 4.79 Å². The van der Waals surface area contributed by atoms with Crippen molar-refractivity contribution in [3.8, 4) is 0 Å². The van der Waals surface area contributed by atoms with Gasteiger partial charge in [0, 0.05) is 16.4 Å². The van der Waals surface area contributed by atoms with Crippen molar-refractivity contribution in [3.63, 3.8) is 0 Å². The summed E-state index contributed by atoms with van der Waals surface area (Å²) in [4.78, 5) is 27.7. The maximum atomic E-state index is 13.9. The summed E-state index contributed by atoms with van der Waals surface area (Å²) >= 11 is 3.19. The van der Waals surface area contributed by atoms with Crippen molar-refractivity contribution in [1.29, 1.82) is 0 Å². The summed E-state index contributed by atoms with van der Waals surface area (Å²) in [6, 6.07) is 4.43. The summed E-state index contributed by atoms with van der Waals surface area (Å²) in [6.07, 6.45) is -1.03. The van der Waals surface area contributed by atoms with Gasteiger partial charge in [0.15, 0.2) is 6.10 Å². The van der Waals surface area contributed by atoms with Gasteiger partial charge in [-0.2, -0.15) is 0 Å². The molecule has 0 saturated carbocycles. The van der Waals surface area contributed by atoms with Crippen molar-refractivity contribution in [2.45, 2.75) is 6.10 Å². The molecular weight excluding hydrogens is 359 g/mol. The first kappa shape index (κ1) is 15.0. The van der Waals surface area contributed by atoms with E-state index < -0.39 is 17.9 Å². The minimum Gasteiger partial charge on any atom is -0.479 e. The van der Waals surface area contributed by atoms with E-state index in [0.29, 0.717) is 21.9 Å². The van der Waals surface area contributed by atoms with Crippen LogP contribution in [0.2, 0.25) is 0 Å². The van der Waals surface area contributed by atoms with E-state index in [1.54, 1.807) is 6.07 Å². The number of morpholine rings is 1. The third-order valence-corrected chi connectivity index (χ3v) is 3.97.